The van der Waals surface area contributed by atoms with E-state index in [0.717, 1.165) is 0 Å². The van der Waals surface area contributed by atoms with Gasteiger partial charge in [-0.25, -0.2) is 4.39 Å². The molecule has 0 fully saturated rings. The molecule has 0 aliphatic heterocycles. The average Bonchev–Trinajstić information content (AvgIpc) is 2.32. The Morgan fingerprint density at radius 3 is 2.78 bits per heavy atom. The van der Waals surface area contributed by atoms with E-state index in [1.807, 2.05) is 6.92 Å². The minimum absolute atomic E-state index is 0.0659. The zero-order valence-electron chi connectivity index (χ0n) is 10.2. The first-order chi connectivity index (χ1) is 8.49. The van der Waals surface area contributed by atoms with Crippen molar-refractivity contribution in [1.29, 1.82) is 0 Å². The quantitative estimate of drug-likeness (QED) is 0.804. The minimum Gasteiger partial charge on any atom is -0.494 e. The van der Waals surface area contributed by atoms with Gasteiger partial charge in [-0.2, -0.15) is 0 Å². The van der Waals surface area contributed by atoms with E-state index in [0.29, 0.717) is 12.1 Å². The third kappa shape index (κ3) is 3.40. The largest absolute Gasteiger partial charge is 0.494 e. The maximum absolute atomic E-state index is 13.2. The second-order valence-corrected chi connectivity index (χ2v) is 4.17. The van der Waals surface area contributed by atoms with Gasteiger partial charge in [-0.3, -0.25) is 4.79 Å². The fourth-order valence-corrected chi connectivity index (χ4v) is 1.76. The van der Waals surface area contributed by atoms with Gasteiger partial charge < -0.3 is 15.8 Å². The van der Waals surface area contributed by atoms with Crippen molar-refractivity contribution >= 4 is 28.8 Å². The Morgan fingerprint density at radius 2 is 2.28 bits per heavy atom. The van der Waals surface area contributed by atoms with Crippen molar-refractivity contribution in [2.45, 2.75) is 13.3 Å². The van der Waals surface area contributed by atoms with Crippen LogP contribution in [0.4, 0.5) is 10.1 Å². The Bertz CT molecular complexity index is 465. The number of nitrogens with two attached hydrogens (primary N) is 1. The van der Waals surface area contributed by atoms with Crippen LogP contribution in [0.25, 0.3) is 0 Å². The molecule has 1 atom stereocenters. The summed E-state index contributed by atoms with van der Waals surface area (Å²) in [6.45, 7) is 1.81. The zero-order valence-corrected chi connectivity index (χ0v) is 11.0. The lowest BCUT2D eigenvalue weighted by atomic mass is 10.1. The van der Waals surface area contributed by atoms with Gasteiger partial charge in [-0.15, -0.1) is 0 Å². The maximum atomic E-state index is 13.2. The molecule has 98 valence electrons. The second kappa shape index (κ2) is 6.30. The van der Waals surface area contributed by atoms with E-state index in [4.69, 9.17) is 22.7 Å². The molecular formula is C12H15FN2O2S. The molecule has 0 heterocycles. The van der Waals surface area contributed by atoms with E-state index in [1.165, 1.54) is 25.3 Å². The SMILES string of the molecule is CCC(C(=O)Nc1ccc(F)c(OC)c1)C(N)=S. The lowest BCUT2D eigenvalue weighted by molar-refractivity contribution is -0.118. The second-order valence-electron chi connectivity index (χ2n) is 3.70. The van der Waals surface area contributed by atoms with Gasteiger partial charge in [0.05, 0.1) is 18.0 Å². The Kier molecular flexibility index (Phi) is 5.03. The highest BCUT2D eigenvalue weighted by atomic mass is 32.1. The molecule has 0 saturated carbocycles. The lowest BCUT2D eigenvalue weighted by Crippen LogP contribution is -2.32. The van der Waals surface area contributed by atoms with Crippen molar-refractivity contribution in [3.63, 3.8) is 0 Å². The van der Waals surface area contributed by atoms with Crippen LogP contribution in [-0.4, -0.2) is 18.0 Å². The third-order valence-corrected chi connectivity index (χ3v) is 2.77. The van der Waals surface area contributed by atoms with Gasteiger partial charge >= 0.3 is 0 Å². The molecule has 6 heteroatoms. The van der Waals surface area contributed by atoms with E-state index in [9.17, 15) is 9.18 Å². The van der Waals surface area contributed by atoms with E-state index < -0.39 is 11.7 Å². The summed E-state index contributed by atoms with van der Waals surface area (Å²) in [5.74, 6) is -1.26. The van der Waals surface area contributed by atoms with Crippen LogP contribution in [0.2, 0.25) is 0 Å². The van der Waals surface area contributed by atoms with Crippen LogP contribution >= 0.6 is 12.2 Å². The summed E-state index contributed by atoms with van der Waals surface area (Å²) in [4.78, 5) is 12.0. The van der Waals surface area contributed by atoms with Crippen molar-refractivity contribution in [3.8, 4) is 5.75 Å². The van der Waals surface area contributed by atoms with Crippen LogP contribution in [0.3, 0.4) is 0 Å². The molecule has 3 N–H and O–H groups in total. The molecule has 0 bridgehead atoms. The Balaban J connectivity index is 2.84. The number of amides is 1. The Hall–Kier alpha value is -1.69. The third-order valence-electron chi connectivity index (χ3n) is 2.49. The fourth-order valence-electron chi connectivity index (χ4n) is 1.48. The molecule has 0 aliphatic carbocycles. The summed E-state index contributed by atoms with van der Waals surface area (Å²) < 4.78 is 18.0. The number of carbonyl (C=O) groups excluding carboxylic acids is 1. The number of methoxy groups -OCH3 is 1. The number of carbonyl (C=O) groups is 1. The number of benzene rings is 1. The van der Waals surface area contributed by atoms with Gasteiger partial charge in [0.1, 0.15) is 0 Å². The number of thiocarbonyl (C=S) groups is 1. The summed E-state index contributed by atoms with van der Waals surface area (Å²) in [6.07, 6.45) is 0.513. The highest BCUT2D eigenvalue weighted by molar-refractivity contribution is 7.80. The van der Waals surface area contributed by atoms with Gasteiger partial charge in [0.25, 0.3) is 0 Å². The molecule has 0 spiro atoms. The highest BCUT2D eigenvalue weighted by Crippen LogP contribution is 2.22. The zero-order chi connectivity index (χ0) is 13.7. The number of ether oxygens (including phenoxy) is 1. The first-order valence-corrected chi connectivity index (χ1v) is 5.84. The number of rotatable bonds is 5. The molecule has 1 aromatic carbocycles. The number of halogens is 1. The van der Waals surface area contributed by atoms with Crippen molar-refractivity contribution < 1.29 is 13.9 Å². The lowest BCUT2D eigenvalue weighted by Gasteiger charge is -2.14. The highest BCUT2D eigenvalue weighted by Gasteiger charge is 2.19. The first-order valence-electron chi connectivity index (χ1n) is 5.43. The molecule has 0 aliphatic rings. The van der Waals surface area contributed by atoms with Gasteiger partial charge in [0.15, 0.2) is 11.6 Å². The van der Waals surface area contributed by atoms with Gasteiger partial charge in [-0.05, 0) is 18.6 Å². The van der Waals surface area contributed by atoms with Crippen LogP contribution in [-0.2, 0) is 4.79 Å². The van der Waals surface area contributed by atoms with Crippen LogP contribution in [0.5, 0.6) is 5.75 Å². The number of anilines is 1. The Morgan fingerprint density at radius 1 is 1.61 bits per heavy atom. The average molecular weight is 270 g/mol. The number of nitrogens with one attached hydrogen (secondary N) is 1. The molecule has 1 unspecified atom stereocenters. The predicted molar refractivity (Wildman–Crippen MR) is 72.1 cm³/mol. The normalized spacial score (nSPS) is 11.7. The summed E-state index contributed by atoms with van der Waals surface area (Å²) in [5, 5.41) is 2.62. The molecule has 1 aromatic rings. The molecule has 1 rings (SSSR count). The molecule has 4 nitrogen and oxygen atoms in total. The standard InChI is InChI=1S/C12H15FN2O2S/c1-3-8(11(14)18)12(16)15-7-4-5-9(13)10(6-7)17-2/h4-6,8H,3H2,1-2H3,(H2,14,18)(H,15,16). The molecule has 18 heavy (non-hydrogen) atoms. The van der Waals surface area contributed by atoms with Crippen LogP contribution in [0, 0.1) is 11.7 Å². The van der Waals surface area contributed by atoms with E-state index >= 15 is 0 Å². The molecular weight excluding hydrogens is 255 g/mol. The van der Waals surface area contributed by atoms with E-state index in [-0.39, 0.29) is 16.6 Å². The summed E-state index contributed by atoms with van der Waals surface area (Å²) in [7, 11) is 1.36. The monoisotopic (exact) mass is 270 g/mol. The van der Waals surface area contributed by atoms with Crippen molar-refractivity contribution in [2.75, 3.05) is 12.4 Å². The number of hydrogen-bond donors (Lipinski definition) is 2. The molecule has 0 aromatic heterocycles. The Labute approximate surface area is 110 Å². The number of hydrogen-bond acceptors (Lipinski definition) is 3. The summed E-state index contributed by atoms with van der Waals surface area (Å²) in [5.41, 5.74) is 5.91. The fraction of sp³-hybridized carbons (Fsp3) is 0.333. The molecule has 0 saturated heterocycles. The summed E-state index contributed by atoms with van der Waals surface area (Å²) in [6, 6.07) is 4.07. The smallest absolute Gasteiger partial charge is 0.234 e. The molecule has 1 amide bonds. The maximum Gasteiger partial charge on any atom is 0.234 e. The summed E-state index contributed by atoms with van der Waals surface area (Å²) >= 11 is 4.81. The topological polar surface area (TPSA) is 64.3 Å². The molecule has 0 radical (unpaired) electrons. The van der Waals surface area contributed by atoms with Crippen molar-refractivity contribution in [2.24, 2.45) is 11.7 Å². The van der Waals surface area contributed by atoms with Gasteiger partial charge in [0.2, 0.25) is 5.91 Å². The van der Waals surface area contributed by atoms with Gasteiger partial charge in [0, 0.05) is 11.8 Å². The van der Waals surface area contributed by atoms with E-state index in [2.05, 4.69) is 5.32 Å². The first kappa shape index (κ1) is 14.4. The van der Waals surface area contributed by atoms with Gasteiger partial charge in [-0.1, -0.05) is 19.1 Å². The van der Waals surface area contributed by atoms with Crippen LogP contribution in [0.1, 0.15) is 13.3 Å². The van der Waals surface area contributed by atoms with E-state index in [1.54, 1.807) is 0 Å². The van der Waals surface area contributed by atoms with Crippen molar-refractivity contribution in [1.82, 2.24) is 0 Å². The van der Waals surface area contributed by atoms with Crippen LogP contribution in [0.15, 0.2) is 18.2 Å². The van der Waals surface area contributed by atoms with Crippen LogP contribution < -0.4 is 15.8 Å². The van der Waals surface area contributed by atoms with Crippen molar-refractivity contribution in [3.05, 3.63) is 24.0 Å². The predicted octanol–water partition coefficient (Wildman–Crippen LogP) is 2.09. The minimum atomic E-state index is -0.531.